The Morgan fingerprint density at radius 3 is 3.00 bits per heavy atom. The molecule has 1 N–H and O–H groups in total. The summed E-state index contributed by atoms with van der Waals surface area (Å²) in [5, 5.41) is 3.23. The van der Waals surface area contributed by atoms with E-state index >= 15 is 0 Å². The fourth-order valence-electron chi connectivity index (χ4n) is 1.21. The molecular weight excluding hydrogens is 256 g/mol. The number of nitrogens with one attached hydrogen (secondary N) is 1. The topological polar surface area (TPSA) is 42.7 Å². The molecule has 0 bridgehead atoms. The number of anilines is 1. The van der Waals surface area contributed by atoms with Gasteiger partial charge in [-0.25, -0.2) is 9.97 Å². The van der Waals surface area contributed by atoms with Crippen LogP contribution in [0.4, 0.5) is 5.82 Å². The van der Waals surface area contributed by atoms with Crippen LogP contribution in [0.15, 0.2) is 41.5 Å². The average molecular weight is 267 g/mol. The molecular formula is C10H11BrN4. The van der Waals surface area contributed by atoms with Crippen LogP contribution < -0.4 is 5.32 Å². The molecule has 0 aromatic carbocycles. The number of nitrogens with zero attached hydrogens (tertiary/aromatic N) is 3. The highest BCUT2D eigenvalue weighted by molar-refractivity contribution is 9.10. The van der Waals surface area contributed by atoms with Crippen LogP contribution in [0.5, 0.6) is 0 Å². The number of pyridine rings is 1. The molecule has 2 aromatic heterocycles. The van der Waals surface area contributed by atoms with Crippen LogP contribution in [0, 0.1) is 0 Å². The van der Waals surface area contributed by atoms with Crippen LogP contribution in [0.1, 0.15) is 0 Å². The quantitative estimate of drug-likeness (QED) is 0.923. The van der Waals surface area contributed by atoms with Crippen molar-refractivity contribution in [2.75, 3.05) is 11.9 Å². The van der Waals surface area contributed by atoms with Gasteiger partial charge in [0.1, 0.15) is 5.82 Å². The zero-order valence-electron chi connectivity index (χ0n) is 8.10. The SMILES string of the molecule is Brc1ccc(NCCn2ccnc2)nc1. The summed E-state index contributed by atoms with van der Waals surface area (Å²) in [6, 6.07) is 3.91. The normalized spacial score (nSPS) is 10.2. The third-order valence-electron chi connectivity index (χ3n) is 1.96. The lowest BCUT2D eigenvalue weighted by Gasteiger charge is -2.05. The van der Waals surface area contributed by atoms with E-state index in [1.54, 1.807) is 18.7 Å². The zero-order chi connectivity index (χ0) is 10.5. The maximum absolute atomic E-state index is 4.21. The zero-order valence-corrected chi connectivity index (χ0v) is 9.68. The Morgan fingerprint density at radius 1 is 1.40 bits per heavy atom. The number of hydrogen-bond donors (Lipinski definition) is 1. The molecule has 0 radical (unpaired) electrons. The minimum atomic E-state index is 0.838. The van der Waals surface area contributed by atoms with E-state index in [-0.39, 0.29) is 0 Å². The first-order valence-corrected chi connectivity index (χ1v) is 5.45. The van der Waals surface area contributed by atoms with Gasteiger partial charge in [-0.15, -0.1) is 0 Å². The molecule has 0 spiro atoms. The van der Waals surface area contributed by atoms with Crippen molar-refractivity contribution in [1.82, 2.24) is 14.5 Å². The van der Waals surface area contributed by atoms with Gasteiger partial charge < -0.3 is 9.88 Å². The van der Waals surface area contributed by atoms with E-state index in [0.717, 1.165) is 23.4 Å². The lowest BCUT2D eigenvalue weighted by Crippen LogP contribution is -2.09. The Bertz CT molecular complexity index is 396. The minimum absolute atomic E-state index is 0.838. The number of hydrogen-bond acceptors (Lipinski definition) is 3. The second-order valence-corrected chi connectivity index (χ2v) is 4.00. The molecule has 0 fully saturated rings. The monoisotopic (exact) mass is 266 g/mol. The molecule has 0 aliphatic rings. The molecule has 0 saturated carbocycles. The van der Waals surface area contributed by atoms with Crippen LogP contribution in [0.3, 0.4) is 0 Å². The van der Waals surface area contributed by atoms with Gasteiger partial charge in [-0.1, -0.05) is 0 Å². The molecule has 2 heterocycles. The van der Waals surface area contributed by atoms with Crippen molar-refractivity contribution < 1.29 is 0 Å². The average Bonchev–Trinajstić information content (AvgIpc) is 2.74. The van der Waals surface area contributed by atoms with Crippen molar-refractivity contribution in [1.29, 1.82) is 0 Å². The van der Waals surface area contributed by atoms with Crippen LogP contribution in [-0.4, -0.2) is 21.1 Å². The lowest BCUT2D eigenvalue weighted by molar-refractivity contribution is 0.725. The Balaban J connectivity index is 1.81. The fourth-order valence-corrected chi connectivity index (χ4v) is 1.45. The third-order valence-corrected chi connectivity index (χ3v) is 2.43. The summed E-state index contributed by atoms with van der Waals surface area (Å²) in [5.41, 5.74) is 0. The first-order chi connectivity index (χ1) is 7.34. The van der Waals surface area contributed by atoms with Crippen LogP contribution in [0.2, 0.25) is 0 Å². The van der Waals surface area contributed by atoms with Gasteiger partial charge in [0.15, 0.2) is 0 Å². The van der Waals surface area contributed by atoms with E-state index in [0.29, 0.717) is 0 Å². The number of imidazole rings is 1. The van der Waals surface area contributed by atoms with Crippen molar-refractivity contribution in [3.05, 3.63) is 41.5 Å². The molecule has 0 amide bonds. The highest BCUT2D eigenvalue weighted by Gasteiger charge is 1.93. The van der Waals surface area contributed by atoms with Crippen molar-refractivity contribution >= 4 is 21.7 Å². The minimum Gasteiger partial charge on any atom is -0.368 e. The van der Waals surface area contributed by atoms with Crippen molar-refractivity contribution in [2.24, 2.45) is 0 Å². The molecule has 4 nitrogen and oxygen atoms in total. The van der Waals surface area contributed by atoms with Crippen LogP contribution in [-0.2, 0) is 6.54 Å². The first-order valence-electron chi connectivity index (χ1n) is 4.66. The molecule has 0 saturated heterocycles. The Hall–Kier alpha value is -1.36. The lowest BCUT2D eigenvalue weighted by atomic mass is 10.4. The summed E-state index contributed by atoms with van der Waals surface area (Å²) in [6.07, 6.45) is 7.30. The van der Waals surface area contributed by atoms with E-state index in [4.69, 9.17) is 0 Å². The Kier molecular flexibility index (Phi) is 3.34. The highest BCUT2D eigenvalue weighted by Crippen LogP contribution is 2.09. The molecule has 0 aliphatic carbocycles. The summed E-state index contributed by atoms with van der Waals surface area (Å²) < 4.78 is 3.01. The maximum Gasteiger partial charge on any atom is 0.126 e. The second kappa shape index (κ2) is 4.93. The van der Waals surface area contributed by atoms with E-state index in [1.165, 1.54) is 0 Å². The molecule has 0 atom stereocenters. The van der Waals surface area contributed by atoms with Gasteiger partial charge in [-0.2, -0.15) is 0 Å². The van der Waals surface area contributed by atoms with Gasteiger partial charge in [0.05, 0.1) is 6.33 Å². The van der Waals surface area contributed by atoms with Gasteiger partial charge in [0.2, 0.25) is 0 Å². The smallest absolute Gasteiger partial charge is 0.126 e. The second-order valence-electron chi connectivity index (χ2n) is 3.09. The third kappa shape index (κ3) is 3.06. The maximum atomic E-state index is 4.21. The van der Waals surface area contributed by atoms with Gasteiger partial charge in [0.25, 0.3) is 0 Å². The largest absolute Gasteiger partial charge is 0.368 e. The van der Waals surface area contributed by atoms with E-state index < -0.39 is 0 Å². The number of rotatable bonds is 4. The number of aromatic nitrogens is 3. The molecule has 5 heteroatoms. The predicted molar refractivity (Wildman–Crippen MR) is 62.7 cm³/mol. The fraction of sp³-hybridized carbons (Fsp3) is 0.200. The van der Waals surface area contributed by atoms with Crippen molar-refractivity contribution in [3.63, 3.8) is 0 Å². The van der Waals surface area contributed by atoms with Crippen molar-refractivity contribution in [2.45, 2.75) is 6.54 Å². The summed E-state index contributed by atoms with van der Waals surface area (Å²) in [6.45, 7) is 1.72. The summed E-state index contributed by atoms with van der Waals surface area (Å²) in [4.78, 5) is 8.19. The molecule has 15 heavy (non-hydrogen) atoms. The van der Waals surface area contributed by atoms with Crippen LogP contribution >= 0.6 is 15.9 Å². The molecule has 0 aliphatic heterocycles. The summed E-state index contributed by atoms with van der Waals surface area (Å²) >= 11 is 3.34. The van der Waals surface area contributed by atoms with Crippen LogP contribution in [0.25, 0.3) is 0 Å². The first kappa shape index (κ1) is 10.2. The van der Waals surface area contributed by atoms with E-state index in [9.17, 15) is 0 Å². The van der Waals surface area contributed by atoms with Gasteiger partial charge in [0, 0.05) is 36.2 Å². The predicted octanol–water partition coefficient (Wildman–Crippen LogP) is 2.15. The van der Waals surface area contributed by atoms with Gasteiger partial charge in [-0.3, -0.25) is 0 Å². The summed E-state index contributed by atoms with van der Waals surface area (Å²) in [7, 11) is 0. The standard InChI is InChI=1S/C10H11BrN4/c11-9-1-2-10(14-7-9)13-4-6-15-5-3-12-8-15/h1-3,5,7-8H,4,6H2,(H,13,14). The van der Waals surface area contributed by atoms with Gasteiger partial charge in [-0.05, 0) is 28.1 Å². The Labute approximate surface area is 96.5 Å². The Morgan fingerprint density at radius 2 is 2.33 bits per heavy atom. The molecule has 0 unspecified atom stereocenters. The molecule has 2 rings (SSSR count). The van der Waals surface area contributed by atoms with E-state index in [2.05, 4.69) is 31.2 Å². The van der Waals surface area contributed by atoms with Gasteiger partial charge >= 0.3 is 0 Å². The van der Waals surface area contributed by atoms with Crippen molar-refractivity contribution in [3.8, 4) is 0 Å². The molecule has 2 aromatic rings. The molecule has 78 valence electrons. The van der Waals surface area contributed by atoms with E-state index in [1.807, 2.05) is 22.9 Å². The number of halogens is 1. The highest BCUT2D eigenvalue weighted by atomic mass is 79.9. The summed E-state index contributed by atoms with van der Waals surface area (Å²) in [5.74, 6) is 0.887.